The van der Waals surface area contributed by atoms with Crippen molar-refractivity contribution in [2.75, 3.05) is 13.1 Å². The lowest BCUT2D eigenvalue weighted by Gasteiger charge is -2.29. The lowest BCUT2D eigenvalue weighted by molar-refractivity contribution is 0.245. The third kappa shape index (κ3) is 4.49. The maximum absolute atomic E-state index is 13.9. The van der Waals surface area contributed by atoms with Gasteiger partial charge in [-0.1, -0.05) is 19.8 Å². The number of benzene rings is 1. The Hall–Kier alpha value is -0.480. The molecule has 1 saturated carbocycles. The Morgan fingerprint density at radius 2 is 1.86 bits per heavy atom. The van der Waals surface area contributed by atoms with Crippen molar-refractivity contribution in [2.45, 2.75) is 51.9 Å². The van der Waals surface area contributed by atoms with Gasteiger partial charge in [-0.3, -0.25) is 0 Å². The van der Waals surface area contributed by atoms with Crippen LogP contribution in [0.15, 0.2) is 16.6 Å². The number of hydrogen-bond donors (Lipinski definition) is 1. The van der Waals surface area contributed by atoms with Crippen LogP contribution in [0.4, 0.5) is 8.78 Å². The molecule has 1 nitrogen and oxygen atoms in total. The van der Waals surface area contributed by atoms with Gasteiger partial charge >= 0.3 is 0 Å². The Morgan fingerprint density at radius 1 is 1.14 bits per heavy atom. The summed E-state index contributed by atoms with van der Waals surface area (Å²) in [6.45, 7) is 4.12. The molecule has 0 bridgehead atoms. The fourth-order valence-corrected chi connectivity index (χ4v) is 3.75. The van der Waals surface area contributed by atoms with Gasteiger partial charge in [0.05, 0.1) is 4.47 Å². The molecular formula is C17H24BrF2N. The molecule has 0 radical (unpaired) electrons. The van der Waals surface area contributed by atoms with Gasteiger partial charge in [0.1, 0.15) is 11.6 Å². The van der Waals surface area contributed by atoms with Crippen LogP contribution in [0.25, 0.3) is 0 Å². The number of hydrogen-bond acceptors (Lipinski definition) is 1. The number of aryl methyl sites for hydroxylation is 1. The van der Waals surface area contributed by atoms with Crippen LogP contribution < -0.4 is 5.32 Å². The van der Waals surface area contributed by atoms with Gasteiger partial charge in [0.2, 0.25) is 0 Å². The van der Waals surface area contributed by atoms with Crippen molar-refractivity contribution in [2.24, 2.45) is 5.41 Å². The van der Waals surface area contributed by atoms with Crippen LogP contribution in [-0.2, 0) is 6.42 Å². The van der Waals surface area contributed by atoms with Crippen molar-refractivity contribution in [3.8, 4) is 0 Å². The summed E-state index contributed by atoms with van der Waals surface area (Å²) in [6, 6.07) is 2.58. The summed E-state index contributed by atoms with van der Waals surface area (Å²) in [5, 5.41) is 3.39. The molecule has 1 aliphatic carbocycles. The molecule has 0 heterocycles. The van der Waals surface area contributed by atoms with Crippen LogP contribution in [0.5, 0.6) is 0 Å². The number of rotatable bonds is 7. The minimum absolute atomic E-state index is 0.200. The van der Waals surface area contributed by atoms with Crippen LogP contribution in [0, 0.1) is 17.0 Å². The van der Waals surface area contributed by atoms with E-state index in [0.29, 0.717) is 17.4 Å². The summed E-state index contributed by atoms with van der Waals surface area (Å²) >= 11 is 3.03. The van der Waals surface area contributed by atoms with E-state index < -0.39 is 0 Å². The Balaban J connectivity index is 2.00. The van der Waals surface area contributed by atoms with E-state index in [-0.39, 0.29) is 16.1 Å². The van der Waals surface area contributed by atoms with Crippen molar-refractivity contribution in [3.63, 3.8) is 0 Å². The van der Waals surface area contributed by atoms with E-state index in [0.717, 1.165) is 25.9 Å². The molecule has 0 amide bonds. The van der Waals surface area contributed by atoms with E-state index in [1.807, 2.05) is 0 Å². The first-order valence-electron chi connectivity index (χ1n) is 7.90. The molecule has 0 unspecified atom stereocenters. The molecule has 2 rings (SSSR count). The van der Waals surface area contributed by atoms with E-state index in [9.17, 15) is 8.78 Å². The molecule has 1 fully saturated rings. The quantitative estimate of drug-likeness (QED) is 0.519. The molecule has 1 N–H and O–H groups in total. The van der Waals surface area contributed by atoms with Gasteiger partial charge in [0, 0.05) is 0 Å². The van der Waals surface area contributed by atoms with Gasteiger partial charge in [0.15, 0.2) is 0 Å². The summed E-state index contributed by atoms with van der Waals surface area (Å²) in [6.07, 6.45) is 7.70. The monoisotopic (exact) mass is 359 g/mol. The highest BCUT2D eigenvalue weighted by Crippen LogP contribution is 2.44. The largest absolute Gasteiger partial charge is 0.317 e. The first kappa shape index (κ1) is 16.9. The normalized spacial score (nSPS) is 17.3. The molecule has 0 spiro atoms. The molecule has 0 saturated heterocycles. The summed E-state index contributed by atoms with van der Waals surface area (Å²) < 4.78 is 27.7. The van der Waals surface area contributed by atoms with E-state index in [1.165, 1.54) is 37.8 Å². The van der Waals surface area contributed by atoms with Gasteiger partial charge in [-0.05, 0) is 84.2 Å². The first-order chi connectivity index (χ1) is 10.1. The molecule has 0 aliphatic heterocycles. The van der Waals surface area contributed by atoms with Crippen LogP contribution in [0.3, 0.4) is 0 Å². The van der Waals surface area contributed by atoms with Crippen LogP contribution in [-0.4, -0.2) is 13.1 Å². The maximum Gasteiger partial charge on any atom is 0.137 e. The zero-order valence-electron chi connectivity index (χ0n) is 12.7. The highest BCUT2D eigenvalue weighted by atomic mass is 79.9. The predicted molar refractivity (Wildman–Crippen MR) is 86.4 cm³/mol. The standard InChI is InChI=1S/C17H24BrF2N/c1-2-21-10-9-17(6-3-4-7-17)8-5-13-11-16(20)14(18)12-15(13)19/h11-12,21H,2-10H2,1H3. The van der Waals surface area contributed by atoms with Crippen LogP contribution >= 0.6 is 15.9 Å². The molecule has 1 aliphatic rings. The van der Waals surface area contributed by atoms with Crippen LogP contribution in [0.2, 0.25) is 0 Å². The molecule has 1 aromatic rings. The Morgan fingerprint density at radius 3 is 2.52 bits per heavy atom. The zero-order valence-corrected chi connectivity index (χ0v) is 14.2. The van der Waals surface area contributed by atoms with Crippen LogP contribution in [0.1, 0.15) is 51.0 Å². The van der Waals surface area contributed by atoms with E-state index in [1.54, 1.807) is 0 Å². The van der Waals surface area contributed by atoms with Crippen molar-refractivity contribution >= 4 is 15.9 Å². The predicted octanol–water partition coefficient (Wildman–Crippen LogP) is 5.22. The second-order valence-electron chi connectivity index (χ2n) is 6.17. The Kier molecular flexibility index (Phi) is 6.18. The SMILES string of the molecule is CCNCCC1(CCc2cc(F)c(Br)cc2F)CCCC1. The minimum Gasteiger partial charge on any atom is -0.317 e. The van der Waals surface area contributed by atoms with Gasteiger partial charge in [-0.2, -0.15) is 0 Å². The van der Waals surface area contributed by atoms with Gasteiger partial charge in [-0.25, -0.2) is 8.78 Å². The highest BCUT2D eigenvalue weighted by molar-refractivity contribution is 9.10. The fourth-order valence-electron chi connectivity index (χ4n) is 3.44. The lowest BCUT2D eigenvalue weighted by atomic mass is 9.77. The second kappa shape index (κ2) is 7.68. The topological polar surface area (TPSA) is 12.0 Å². The molecule has 0 aromatic heterocycles. The average molecular weight is 360 g/mol. The van der Waals surface area contributed by atoms with E-state index in [4.69, 9.17) is 0 Å². The summed E-state index contributed by atoms with van der Waals surface area (Å²) in [7, 11) is 0. The van der Waals surface area contributed by atoms with Gasteiger partial charge in [0.25, 0.3) is 0 Å². The van der Waals surface area contributed by atoms with Gasteiger partial charge < -0.3 is 5.32 Å². The van der Waals surface area contributed by atoms with Crippen molar-refractivity contribution in [3.05, 3.63) is 33.8 Å². The smallest absolute Gasteiger partial charge is 0.137 e. The zero-order chi connectivity index (χ0) is 15.3. The van der Waals surface area contributed by atoms with E-state index >= 15 is 0 Å². The second-order valence-corrected chi connectivity index (χ2v) is 7.02. The third-order valence-electron chi connectivity index (χ3n) is 4.76. The molecule has 21 heavy (non-hydrogen) atoms. The Labute approximate surface area is 134 Å². The highest BCUT2D eigenvalue weighted by Gasteiger charge is 2.33. The first-order valence-corrected chi connectivity index (χ1v) is 8.70. The summed E-state index contributed by atoms with van der Waals surface area (Å²) in [4.78, 5) is 0. The van der Waals surface area contributed by atoms with Gasteiger partial charge in [-0.15, -0.1) is 0 Å². The average Bonchev–Trinajstić information content (AvgIpc) is 2.91. The Bertz CT molecular complexity index is 470. The summed E-state index contributed by atoms with van der Waals surface area (Å²) in [5.41, 5.74) is 0.823. The third-order valence-corrected chi connectivity index (χ3v) is 5.37. The fraction of sp³-hybridized carbons (Fsp3) is 0.647. The van der Waals surface area contributed by atoms with Crippen molar-refractivity contribution in [1.29, 1.82) is 0 Å². The molecule has 1 aromatic carbocycles. The molecular weight excluding hydrogens is 336 g/mol. The molecule has 0 atom stereocenters. The van der Waals surface area contributed by atoms with Crippen molar-refractivity contribution in [1.82, 2.24) is 5.32 Å². The lowest BCUT2D eigenvalue weighted by Crippen LogP contribution is -2.25. The van der Waals surface area contributed by atoms with Crippen molar-refractivity contribution < 1.29 is 8.78 Å². The minimum atomic E-state index is -0.375. The number of nitrogens with one attached hydrogen (secondary N) is 1. The molecule has 4 heteroatoms. The van der Waals surface area contributed by atoms with E-state index in [2.05, 4.69) is 28.2 Å². The summed E-state index contributed by atoms with van der Waals surface area (Å²) in [5.74, 6) is -0.678. The molecule has 118 valence electrons. The number of halogens is 3. The maximum atomic E-state index is 13.9.